The summed E-state index contributed by atoms with van der Waals surface area (Å²) in [6.45, 7) is 3.84. The van der Waals surface area contributed by atoms with E-state index in [9.17, 15) is 0 Å². The second-order valence-corrected chi connectivity index (χ2v) is 2.98. The molecule has 2 nitrogen and oxygen atoms in total. The van der Waals surface area contributed by atoms with Gasteiger partial charge < -0.3 is 5.73 Å². The number of pyridine rings is 1. The van der Waals surface area contributed by atoms with Crippen LogP contribution in [0.4, 0.5) is 0 Å². The van der Waals surface area contributed by atoms with Crippen LogP contribution in [0.15, 0.2) is 12.1 Å². The Morgan fingerprint density at radius 2 is 2.18 bits per heavy atom. The molecule has 0 saturated carbocycles. The largest absolute Gasteiger partial charge is 0.324 e. The van der Waals surface area contributed by atoms with Gasteiger partial charge in [0.25, 0.3) is 0 Å². The number of halogens is 1. The van der Waals surface area contributed by atoms with Crippen molar-refractivity contribution in [2.75, 3.05) is 0 Å². The van der Waals surface area contributed by atoms with Gasteiger partial charge in [-0.1, -0.05) is 17.7 Å². The molecule has 0 aromatic carbocycles. The molecule has 0 aliphatic rings. The molecule has 2 N–H and O–H groups in total. The number of nitrogens with zero attached hydrogens (tertiary/aromatic N) is 1. The smallest absolute Gasteiger partial charge is 0.129 e. The molecule has 60 valence electrons. The summed E-state index contributed by atoms with van der Waals surface area (Å²) in [7, 11) is 0. The predicted octanol–water partition coefficient (Wildman–Crippen LogP) is 2.06. The van der Waals surface area contributed by atoms with Crippen molar-refractivity contribution in [3.05, 3.63) is 28.5 Å². The summed E-state index contributed by atoms with van der Waals surface area (Å²) in [5.74, 6) is 0. The van der Waals surface area contributed by atoms with Crippen molar-refractivity contribution in [1.82, 2.24) is 4.98 Å². The summed E-state index contributed by atoms with van der Waals surface area (Å²) < 4.78 is 0. The van der Waals surface area contributed by atoms with Crippen molar-refractivity contribution in [3.8, 4) is 0 Å². The van der Waals surface area contributed by atoms with Gasteiger partial charge in [0.05, 0.1) is 0 Å². The van der Waals surface area contributed by atoms with Crippen LogP contribution in [0, 0.1) is 6.92 Å². The zero-order valence-electron chi connectivity index (χ0n) is 6.63. The number of aromatic nitrogens is 1. The fourth-order valence-electron chi connectivity index (χ4n) is 1.02. The Morgan fingerprint density at radius 3 is 2.64 bits per heavy atom. The molecule has 1 rings (SSSR count). The summed E-state index contributed by atoms with van der Waals surface area (Å²) in [5.41, 5.74) is 7.64. The second kappa shape index (κ2) is 3.20. The van der Waals surface area contributed by atoms with E-state index in [1.165, 1.54) is 0 Å². The van der Waals surface area contributed by atoms with E-state index in [1.54, 1.807) is 6.07 Å². The fraction of sp³-hybridized carbons (Fsp3) is 0.375. The van der Waals surface area contributed by atoms with Crippen molar-refractivity contribution in [2.24, 2.45) is 5.73 Å². The van der Waals surface area contributed by atoms with Gasteiger partial charge >= 0.3 is 0 Å². The van der Waals surface area contributed by atoms with E-state index in [1.807, 2.05) is 19.9 Å². The number of hydrogen-bond acceptors (Lipinski definition) is 2. The minimum absolute atomic E-state index is 0.0276. The molecule has 1 aromatic heterocycles. The van der Waals surface area contributed by atoms with Crippen molar-refractivity contribution in [1.29, 1.82) is 0 Å². The number of rotatable bonds is 1. The SMILES string of the molecule is Cc1nc(Cl)ccc1C(C)N. The van der Waals surface area contributed by atoms with E-state index in [4.69, 9.17) is 17.3 Å². The number of aryl methyl sites for hydroxylation is 1. The summed E-state index contributed by atoms with van der Waals surface area (Å²) in [4.78, 5) is 4.08. The standard InChI is InChI=1S/C8H11ClN2/c1-5(10)7-3-4-8(9)11-6(7)2/h3-5H,10H2,1-2H3. The van der Waals surface area contributed by atoms with E-state index in [0.29, 0.717) is 5.15 Å². The number of hydrogen-bond donors (Lipinski definition) is 1. The predicted molar refractivity (Wildman–Crippen MR) is 46.6 cm³/mol. The van der Waals surface area contributed by atoms with Gasteiger partial charge in [0.2, 0.25) is 0 Å². The first-order chi connectivity index (χ1) is 5.11. The molecule has 1 unspecified atom stereocenters. The van der Waals surface area contributed by atoms with Crippen LogP contribution in [0.1, 0.15) is 24.2 Å². The maximum atomic E-state index is 5.68. The van der Waals surface area contributed by atoms with Crippen LogP contribution < -0.4 is 5.73 Å². The Kier molecular flexibility index (Phi) is 2.47. The van der Waals surface area contributed by atoms with E-state index in [2.05, 4.69) is 4.98 Å². The fourth-order valence-corrected chi connectivity index (χ4v) is 1.21. The molecule has 3 heteroatoms. The molecule has 0 amide bonds. The maximum Gasteiger partial charge on any atom is 0.129 e. The highest BCUT2D eigenvalue weighted by molar-refractivity contribution is 6.29. The maximum absolute atomic E-state index is 5.68. The summed E-state index contributed by atoms with van der Waals surface area (Å²) >= 11 is 5.67. The molecule has 0 saturated heterocycles. The third-order valence-electron chi connectivity index (χ3n) is 1.58. The average molecular weight is 171 g/mol. The highest BCUT2D eigenvalue weighted by atomic mass is 35.5. The van der Waals surface area contributed by atoms with Gasteiger partial charge in [0.1, 0.15) is 5.15 Å². The molecule has 0 aliphatic heterocycles. The molecule has 11 heavy (non-hydrogen) atoms. The Balaban J connectivity index is 3.09. The van der Waals surface area contributed by atoms with E-state index in [-0.39, 0.29) is 6.04 Å². The van der Waals surface area contributed by atoms with Gasteiger partial charge in [0.15, 0.2) is 0 Å². The lowest BCUT2D eigenvalue weighted by atomic mass is 10.1. The molecule has 0 spiro atoms. The molecule has 1 aromatic rings. The molecule has 0 bridgehead atoms. The van der Waals surface area contributed by atoms with Gasteiger partial charge in [-0.2, -0.15) is 0 Å². The highest BCUT2D eigenvalue weighted by Gasteiger charge is 2.03. The van der Waals surface area contributed by atoms with Gasteiger partial charge in [-0.15, -0.1) is 0 Å². The van der Waals surface area contributed by atoms with E-state index < -0.39 is 0 Å². The lowest BCUT2D eigenvalue weighted by Gasteiger charge is -2.07. The Labute approximate surface area is 71.4 Å². The summed E-state index contributed by atoms with van der Waals surface area (Å²) in [6.07, 6.45) is 0. The first kappa shape index (κ1) is 8.50. The Morgan fingerprint density at radius 1 is 1.55 bits per heavy atom. The lowest BCUT2D eigenvalue weighted by Crippen LogP contribution is -2.07. The third-order valence-corrected chi connectivity index (χ3v) is 1.79. The Bertz CT molecular complexity index is 258. The van der Waals surface area contributed by atoms with Crippen LogP contribution in [0.3, 0.4) is 0 Å². The second-order valence-electron chi connectivity index (χ2n) is 2.60. The third kappa shape index (κ3) is 1.91. The van der Waals surface area contributed by atoms with Crippen LogP contribution in [0.2, 0.25) is 5.15 Å². The number of nitrogens with two attached hydrogens (primary N) is 1. The van der Waals surface area contributed by atoms with Gasteiger partial charge in [0, 0.05) is 11.7 Å². The zero-order valence-corrected chi connectivity index (χ0v) is 7.39. The molecule has 0 radical (unpaired) electrons. The van der Waals surface area contributed by atoms with Crippen LogP contribution >= 0.6 is 11.6 Å². The molecular formula is C8H11ClN2. The topological polar surface area (TPSA) is 38.9 Å². The minimum atomic E-state index is 0.0276. The lowest BCUT2D eigenvalue weighted by molar-refractivity contribution is 0.799. The minimum Gasteiger partial charge on any atom is -0.324 e. The first-order valence-electron chi connectivity index (χ1n) is 3.50. The van der Waals surface area contributed by atoms with E-state index in [0.717, 1.165) is 11.3 Å². The van der Waals surface area contributed by atoms with Crippen molar-refractivity contribution in [2.45, 2.75) is 19.9 Å². The normalized spacial score (nSPS) is 13.1. The van der Waals surface area contributed by atoms with Crippen molar-refractivity contribution in [3.63, 3.8) is 0 Å². The summed E-state index contributed by atoms with van der Waals surface area (Å²) in [6, 6.07) is 3.70. The molecule has 1 heterocycles. The quantitative estimate of drug-likeness (QED) is 0.656. The van der Waals surface area contributed by atoms with E-state index >= 15 is 0 Å². The zero-order chi connectivity index (χ0) is 8.43. The molecule has 1 atom stereocenters. The first-order valence-corrected chi connectivity index (χ1v) is 3.87. The monoisotopic (exact) mass is 170 g/mol. The van der Waals surface area contributed by atoms with Crippen molar-refractivity contribution >= 4 is 11.6 Å². The molecule has 0 aliphatic carbocycles. The van der Waals surface area contributed by atoms with Crippen molar-refractivity contribution < 1.29 is 0 Å². The Hall–Kier alpha value is -0.600. The summed E-state index contributed by atoms with van der Waals surface area (Å²) in [5, 5.41) is 0.520. The van der Waals surface area contributed by atoms with Crippen LogP contribution in [0.25, 0.3) is 0 Å². The van der Waals surface area contributed by atoms with Gasteiger partial charge in [-0.25, -0.2) is 4.98 Å². The van der Waals surface area contributed by atoms with Gasteiger partial charge in [-0.3, -0.25) is 0 Å². The molecular weight excluding hydrogens is 160 g/mol. The highest BCUT2D eigenvalue weighted by Crippen LogP contribution is 2.15. The molecule has 0 fully saturated rings. The van der Waals surface area contributed by atoms with Crippen LogP contribution in [-0.2, 0) is 0 Å². The average Bonchev–Trinajstić information content (AvgIpc) is 1.85. The van der Waals surface area contributed by atoms with Gasteiger partial charge in [-0.05, 0) is 25.5 Å². The van der Waals surface area contributed by atoms with Crippen LogP contribution in [-0.4, -0.2) is 4.98 Å². The van der Waals surface area contributed by atoms with Crippen LogP contribution in [0.5, 0.6) is 0 Å².